The molecule has 9 nitrogen and oxygen atoms in total. The van der Waals surface area contributed by atoms with Gasteiger partial charge in [0.15, 0.2) is 0 Å². The number of rotatable bonds is 7. The number of aryl methyl sites for hydroxylation is 2. The largest absolute Gasteiger partial charge is 0.478 e. The average Bonchev–Trinajstić information content (AvgIpc) is 2.86. The number of nitrogens with one attached hydrogen (secondary N) is 1. The summed E-state index contributed by atoms with van der Waals surface area (Å²) in [5.74, 6) is 2.05. The van der Waals surface area contributed by atoms with Crippen LogP contribution in [0.2, 0.25) is 0 Å². The van der Waals surface area contributed by atoms with Crippen molar-refractivity contribution in [1.82, 2.24) is 19.9 Å². The van der Waals surface area contributed by atoms with Crippen molar-refractivity contribution in [3.63, 3.8) is 0 Å². The topological polar surface area (TPSA) is 112 Å². The van der Waals surface area contributed by atoms with E-state index in [9.17, 15) is 14.7 Å². The van der Waals surface area contributed by atoms with E-state index in [1.807, 2.05) is 24.8 Å². The number of aromatic carboxylic acids is 1. The molecule has 0 radical (unpaired) electrons. The van der Waals surface area contributed by atoms with E-state index in [1.165, 1.54) is 25.7 Å². The Morgan fingerprint density at radius 1 is 1.13 bits per heavy atom. The third kappa shape index (κ3) is 6.34. The molecule has 4 rings (SSSR count). The predicted molar refractivity (Wildman–Crippen MR) is 154 cm³/mol. The minimum atomic E-state index is -0.966. The van der Waals surface area contributed by atoms with Gasteiger partial charge in [-0.05, 0) is 69.9 Å². The van der Waals surface area contributed by atoms with Crippen molar-refractivity contribution in [2.75, 3.05) is 36.4 Å². The molecule has 2 aliphatic rings. The molecule has 0 unspecified atom stereocenters. The van der Waals surface area contributed by atoms with Crippen LogP contribution in [-0.4, -0.2) is 68.6 Å². The Bertz CT molecular complexity index is 1200. The molecule has 1 amide bonds. The quantitative estimate of drug-likeness (QED) is 0.491. The van der Waals surface area contributed by atoms with E-state index in [-0.39, 0.29) is 17.4 Å². The summed E-state index contributed by atoms with van der Waals surface area (Å²) in [7, 11) is 0. The van der Waals surface area contributed by atoms with Crippen molar-refractivity contribution >= 4 is 23.5 Å². The van der Waals surface area contributed by atoms with Crippen LogP contribution in [0.4, 0.5) is 11.6 Å². The van der Waals surface area contributed by atoms with Gasteiger partial charge in [0, 0.05) is 26.2 Å². The van der Waals surface area contributed by atoms with Crippen molar-refractivity contribution in [2.24, 2.45) is 11.8 Å². The molecule has 2 fully saturated rings. The van der Waals surface area contributed by atoms with Crippen LogP contribution in [-0.2, 0) is 0 Å². The Labute approximate surface area is 232 Å². The van der Waals surface area contributed by atoms with Gasteiger partial charge in [-0.2, -0.15) is 0 Å². The van der Waals surface area contributed by atoms with Gasteiger partial charge in [0.1, 0.15) is 17.3 Å². The molecule has 2 aromatic heterocycles. The zero-order chi connectivity index (χ0) is 28.5. The average molecular weight is 537 g/mol. The molecule has 1 aliphatic heterocycles. The highest BCUT2D eigenvalue weighted by molar-refractivity contribution is 5.93. The number of amides is 1. The SMILES string of the molecule is Cc1cc(N2CCN(C(=O)c3cnc(NCC4CCC(C)CC4)c(C(C)C)n3)C(C)(C)C2)nc(C)c1C(=O)O. The third-order valence-electron chi connectivity index (χ3n) is 8.33. The van der Waals surface area contributed by atoms with Crippen molar-refractivity contribution in [2.45, 2.75) is 85.6 Å². The molecular weight excluding hydrogens is 492 g/mol. The van der Waals surface area contributed by atoms with Crippen molar-refractivity contribution in [3.8, 4) is 0 Å². The minimum Gasteiger partial charge on any atom is -0.478 e. The molecule has 1 aliphatic carbocycles. The number of hydrogen-bond donors (Lipinski definition) is 2. The summed E-state index contributed by atoms with van der Waals surface area (Å²) >= 11 is 0. The summed E-state index contributed by atoms with van der Waals surface area (Å²) in [6, 6.07) is 1.82. The molecular formula is C30H44N6O3. The fourth-order valence-electron chi connectivity index (χ4n) is 5.98. The number of carbonyl (C=O) groups is 2. The Morgan fingerprint density at radius 2 is 1.82 bits per heavy atom. The van der Waals surface area contributed by atoms with Gasteiger partial charge in [0.2, 0.25) is 0 Å². The highest BCUT2D eigenvalue weighted by atomic mass is 16.4. The fraction of sp³-hybridized carbons (Fsp3) is 0.633. The van der Waals surface area contributed by atoms with Gasteiger partial charge in [-0.1, -0.05) is 33.6 Å². The lowest BCUT2D eigenvalue weighted by Crippen LogP contribution is -2.61. The lowest BCUT2D eigenvalue weighted by Gasteiger charge is -2.47. The zero-order valence-corrected chi connectivity index (χ0v) is 24.5. The fourth-order valence-corrected chi connectivity index (χ4v) is 5.98. The van der Waals surface area contributed by atoms with Gasteiger partial charge >= 0.3 is 5.97 Å². The predicted octanol–water partition coefficient (Wildman–Crippen LogP) is 5.29. The second-order valence-electron chi connectivity index (χ2n) is 12.4. The molecule has 9 heteroatoms. The van der Waals surface area contributed by atoms with Crippen LogP contribution in [0.5, 0.6) is 0 Å². The molecule has 3 heterocycles. The van der Waals surface area contributed by atoms with E-state index in [0.29, 0.717) is 42.5 Å². The number of anilines is 2. The standard InChI is InChI=1S/C30H44N6O3/c1-18(2)26-27(31-15-22-10-8-19(3)9-11-22)32-16-23(34-26)28(37)36-13-12-35(17-30(36,6)7)24-14-20(4)25(29(38)39)21(5)33-24/h14,16,18-19,22H,8-13,15,17H2,1-7H3,(H,31,32)(H,38,39). The summed E-state index contributed by atoms with van der Waals surface area (Å²) in [6.07, 6.45) is 6.67. The molecule has 2 N–H and O–H groups in total. The number of nitrogens with zero attached hydrogens (tertiary/aromatic N) is 5. The minimum absolute atomic E-state index is 0.122. The molecule has 2 aromatic rings. The molecule has 39 heavy (non-hydrogen) atoms. The highest BCUT2D eigenvalue weighted by Crippen LogP contribution is 2.31. The van der Waals surface area contributed by atoms with Crippen molar-refractivity contribution in [3.05, 3.63) is 40.5 Å². The second-order valence-corrected chi connectivity index (χ2v) is 12.4. The van der Waals surface area contributed by atoms with E-state index in [4.69, 9.17) is 4.98 Å². The van der Waals surface area contributed by atoms with E-state index in [2.05, 4.69) is 41.0 Å². The van der Waals surface area contributed by atoms with E-state index in [1.54, 1.807) is 20.0 Å². The van der Waals surface area contributed by atoms with Gasteiger partial charge in [0.25, 0.3) is 5.91 Å². The summed E-state index contributed by atoms with van der Waals surface area (Å²) in [5, 5.41) is 13.0. The van der Waals surface area contributed by atoms with Crippen LogP contribution in [0.25, 0.3) is 0 Å². The first-order chi connectivity index (χ1) is 18.4. The van der Waals surface area contributed by atoms with Gasteiger partial charge < -0.3 is 20.2 Å². The first kappa shape index (κ1) is 28.8. The molecule has 0 aromatic carbocycles. The van der Waals surface area contributed by atoms with Gasteiger partial charge in [-0.15, -0.1) is 0 Å². The van der Waals surface area contributed by atoms with Crippen LogP contribution >= 0.6 is 0 Å². The first-order valence-electron chi connectivity index (χ1n) is 14.3. The van der Waals surface area contributed by atoms with E-state index < -0.39 is 11.5 Å². The first-order valence-corrected chi connectivity index (χ1v) is 14.3. The summed E-state index contributed by atoms with van der Waals surface area (Å²) in [4.78, 5) is 43.4. The van der Waals surface area contributed by atoms with Crippen LogP contribution in [0.1, 0.15) is 104 Å². The van der Waals surface area contributed by atoms with Gasteiger partial charge in [0.05, 0.1) is 28.7 Å². The molecule has 1 saturated heterocycles. The second kappa shape index (κ2) is 11.5. The van der Waals surface area contributed by atoms with Crippen molar-refractivity contribution in [1.29, 1.82) is 0 Å². The number of pyridine rings is 1. The van der Waals surface area contributed by atoms with E-state index >= 15 is 0 Å². The number of piperazine rings is 1. The monoisotopic (exact) mass is 536 g/mol. The number of aromatic nitrogens is 3. The summed E-state index contributed by atoms with van der Waals surface area (Å²) < 4.78 is 0. The van der Waals surface area contributed by atoms with E-state index in [0.717, 1.165) is 29.8 Å². The van der Waals surface area contributed by atoms with Crippen molar-refractivity contribution < 1.29 is 14.7 Å². The molecule has 0 atom stereocenters. The third-order valence-corrected chi connectivity index (χ3v) is 8.33. The lowest BCUT2D eigenvalue weighted by atomic mass is 9.83. The molecule has 0 bridgehead atoms. The number of carboxylic acid groups (broad SMARTS) is 1. The maximum absolute atomic E-state index is 13.7. The number of hydrogen-bond acceptors (Lipinski definition) is 7. The van der Waals surface area contributed by atoms with Crippen LogP contribution in [0.15, 0.2) is 12.3 Å². The lowest BCUT2D eigenvalue weighted by molar-refractivity contribution is 0.0506. The highest BCUT2D eigenvalue weighted by Gasteiger charge is 2.38. The number of carbonyl (C=O) groups excluding carboxylic acids is 1. The smallest absolute Gasteiger partial charge is 0.337 e. The summed E-state index contributed by atoms with van der Waals surface area (Å²) in [6.45, 7) is 16.7. The molecule has 1 saturated carbocycles. The maximum Gasteiger partial charge on any atom is 0.337 e. The molecule has 212 valence electrons. The van der Waals surface area contributed by atoms with Crippen LogP contribution in [0.3, 0.4) is 0 Å². The van der Waals surface area contributed by atoms with Gasteiger partial charge in [-0.25, -0.2) is 19.7 Å². The maximum atomic E-state index is 13.7. The number of carboxylic acids is 1. The Morgan fingerprint density at radius 3 is 2.41 bits per heavy atom. The summed E-state index contributed by atoms with van der Waals surface area (Å²) in [5.41, 5.74) is 2.14. The van der Waals surface area contributed by atoms with Crippen LogP contribution in [0, 0.1) is 25.7 Å². The zero-order valence-electron chi connectivity index (χ0n) is 24.5. The normalized spacial score (nSPS) is 21.2. The Balaban J connectivity index is 1.48. The Hall–Kier alpha value is -3.23. The van der Waals surface area contributed by atoms with Crippen LogP contribution < -0.4 is 10.2 Å². The Kier molecular flexibility index (Phi) is 8.47. The molecule has 0 spiro atoms. The van der Waals surface area contributed by atoms with Gasteiger partial charge in [-0.3, -0.25) is 4.79 Å².